The molecule has 2 heteroatoms. The molecular formula is C14H27NO. The number of carbonyl (C=O) groups is 1. The van der Waals surface area contributed by atoms with E-state index in [4.69, 9.17) is 0 Å². The molecule has 0 fully saturated rings. The molecule has 0 saturated carbocycles. The molecule has 0 saturated heterocycles. The third kappa shape index (κ3) is 5.34. The van der Waals surface area contributed by atoms with Crippen molar-refractivity contribution in [3.63, 3.8) is 0 Å². The molecule has 0 radical (unpaired) electrons. The summed E-state index contributed by atoms with van der Waals surface area (Å²) >= 11 is 0. The summed E-state index contributed by atoms with van der Waals surface area (Å²) in [4.78, 5) is 14.0. The summed E-state index contributed by atoms with van der Waals surface area (Å²) in [5, 5.41) is 0. The van der Waals surface area contributed by atoms with E-state index in [-0.39, 0.29) is 11.8 Å². The molecule has 0 aliphatic rings. The summed E-state index contributed by atoms with van der Waals surface area (Å²) < 4.78 is 0. The average molecular weight is 225 g/mol. The van der Waals surface area contributed by atoms with Crippen molar-refractivity contribution in [3.8, 4) is 0 Å². The van der Waals surface area contributed by atoms with Gasteiger partial charge in [0.15, 0.2) is 0 Å². The molecule has 1 unspecified atom stereocenters. The van der Waals surface area contributed by atoms with Gasteiger partial charge in [0.05, 0.1) is 0 Å². The summed E-state index contributed by atoms with van der Waals surface area (Å²) in [6.07, 6.45) is 8.12. The molecular weight excluding hydrogens is 198 g/mol. The lowest BCUT2D eigenvalue weighted by atomic mass is 9.98. The zero-order chi connectivity index (χ0) is 12.4. The number of hydrogen-bond acceptors (Lipinski definition) is 1. The minimum atomic E-state index is 0.190. The summed E-state index contributed by atoms with van der Waals surface area (Å²) in [7, 11) is 0. The van der Waals surface area contributed by atoms with Crippen LogP contribution >= 0.6 is 0 Å². The summed E-state index contributed by atoms with van der Waals surface area (Å²) in [5.74, 6) is 0.453. The van der Waals surface area contributed by atoms with Crippen LogP contribution in [0.5, 0.6) is 0 Å². The molecule has 0 aromatic heterocycles. The van der Waals surface area contributed by atoms with Crippen molar-refractivity contribution < 1.29 is 4.79 Å². The molecule has 0 aliphatic carbocycles. The summed E-state index contributed by atoms with van der Waals surface area (Å²) in [6.45, 7) is 11.0. The van der Waals surface area contributed by atoms with Crippen LogP contribution in [0.25, 0.3) is 0 Å². The van der Waals surface area contributed by atoms with Crippen LogP contribution in [0.2, 0.25) is 0 Å². The molecule has 0 aromatic rings. The van der Waals surface area contributed by atoms with E-state index in [2.05, 4.69) is 27.4 Å². The lowest BCUT2D eigenvalue weighted by Crippen LogP contribution is -2.32. The molecule has 0 aromatic carbocycles. The molecule has 0 N–H and O–H groups in total. The Labute approximate surface area is 101 Å². The van der Waals surface area contributed by atoms with Gasteiger partial charge in [-0.05, 0) is 25.5 Å². The first-order valence-electron chi connectivity index (χ1n) is 6.64. The molecule has 16 heavy (non-hydrogen) atoms. The van der Waals surface area contributed by atoms with Gasteiger partial charge in [0.2, 0.25) is 5.91 Å². The number of nitrogens with zero attached hydrogens (tertiary/aromatic N) is 1. The van der Waals surface area contributed by atoms with Crippen LogP contribution in [0.15, 0.2) is 12.8 Å². The van der Waals surface area contributed by atoms with Gasteiger partial charge in [0.25, 0.3) is 0 Å². The van der Waals surface area contributed by atoms with Crippen LogP contribution in [0.3, 0.4) is 0 Å². The summed E-state index contributed by atoms with van der Waals surface area (Å²) in [5.41, 5.74) is 0. The van der Waals surface area contributed by atoms with Crippen molar-refractivity contribution in [1.82, 2.24) is 4.90 Å². The van der Waals surface area contributed by atoms with E-state index in [0.717, 1.165) is 45.1 Å². The van der Waals surface area contributed by atoms with Crippen LogP contribution in [0, 0.1) is 5.92 Å². The SMILES string of the molecule is C=CN(CCCC)C(=O)C(CC)CCCC. The van der Waals surface area contributed by atoms with Gasteiger partial charge in [-0.15, -0.1) is 0 Å². The topological polar surface area (TPSA) is 20.3 Å². The Morgan fingerprint density at radius 3 is 2.31 bits per heavy atom. The van der Waals surface area contributed by atoms with E-state index < -0.39 is 0 Å². The fourth-order valence-corrected chi connectivity index (χ4v) is 1.81. The molecule has 1 atom stereocenters. The molecule has 94 valence electrons. The minimum absolute atomic E-state index is 0.190. The number of hydrogen-bond donors (Lipinski definition) is 0. The number of unbranched alkanes of at least 4 members (excludes halogenated alkanes) is 2. The standard InChI is InChI=1S/C14H27NO/c1-5-9-11-13(7-3)14(16)15(8-4)12-10-6-2/h8,13H,4-7,9-12H2,1-3H3. The highest BCUT2D eigenvalue weighted by Crippen LogP contribution is 2.16. The van der Waals surface area contributed by atoms with E-state index in [1.54, 1.807) is 11.1 Å². The molecule has 1 amide bonds. The highest BCUT2D eigenvalue weighted by molar-refractivity contribution is 5.79. The second-order valence-corrected chi connectivity index (χ2v) is 4.32. The van der Waals surface area contributed by atoms with Crippen molar-refractivity contribution in [2.75, 3.05) is 6.54 Å². The Morgan fingerprint density at radius 2 is 1.88 bits per heavy atom. The van der Waals surface area contributed by atoms with Gasteiger partial charge in [0.1, 0.15) is 0 Å². The largest absolute Gasteiger partial charge is 0.319 e. The number of rotatable bonds is 9. The van der Waals surface area contributed by atoms with Gasteiger partial charge < -0.3 is 4.90 Å². The second kappa shape index (κ2) is 9.44. The van der Waals surface area contributed by atoms with Crippen molar-refractivity contribution in [2.45, 2.75) is 59.3 Å². The number of amides is 1. The fraction of sp³-hybridized carbons (Fsp3) is 0.786. The van der Waals surface area contributed by atoms with Crippen LogP contribution in [-0.2, 0) is 4.79 Å². The molecule has 0 bridgehead atoms. The first-order chi connectivity index (χ1) is 7.71. The predicted molar refractivity (Wildman–Crippen MR) is 70.1 cm³/mol. The quantitative estimate of drug-likeness (QED) is 0.581. The monoisotopic (exact) mass is 225 g/mol. The van der Waals surface area contributed by atoms with Crippen LogP contribution in [0.1, 0.15) is 59.3 Å². The Morgan fingerprint density at radius 1 is 1.25 bits per heavy atom. The Hall–Kier alpha value is -0.790. The van der Waals surface area contributed by atoms with Gasteiger partial charge in [0, 0.05) is 12.5 Å². The van der Waals surface area contributed by atoms with Crippen LogP contribution in [-0.4, -0.2) is 17.4 Å². The molecule has 2 nitrogen and oxygen atoms in total. The maximum Gasteiger partial charge on any atom is 0.229 e. The average Bonchev–Trinajstić information content (AvgIpc) is 2.31. The molecule has 0 aliphatic heterocycles. The lowest BCUT2D eigenvalue weighted by molar-refractivity contribution is -0.133. The highest BCUT2D eigenvalue weighted by atomic mass is 16.2. The van der Waals surface area contributed by atoms with Gasteiger partial charge in [-0.3, -0.25) is 4.79 Å². The van der Waals surface area contributed by atoms with Crippen molar-refractivity contribution >= 4 is 5.91 Å². The maximum absolute atomic E-state index is 12.2. The Bertz CT molecular complexity index is 201. The van der Waals surface area contributed by atoms with Crippen LogP contribution < -0.4 is 0 Å². The molecule has 0 heterocycles. The Balaban J connectivity index is 4.26. The van der Waals surface area contributed by atoms with Gasteiger partial charge in [-0.1, -0.05) is 46.6 Å². The van der Waals surface area contributed by atoms with Gasteiger partial charge in [-0.25, -0.2) is 0 Å². The first kappa shape index (κ1) is 15.2. The Kier molecular flexibility index (Phi) is 8.97. The maximum atomic E-state index is 12.2. The smallest absolute Gasteiger partial charge is 0.229 e. The second-order valence-electron chi connectivity index (χ2n) is 4.32. The lowest BCUT2D eigenvalue weighted by Gasteiger charge is -2.23. The fourth-order valence-electron chi connectivity index (χ4n) is 1.81. The van der Waals surface area contributed by atoms with E-state index in [1.807, 2.05) is 0 Å². The van der Waals surface area contributed by atoms with E-state index in [1.165, 1.54) is 0 Å². The predicted octanol–water partition coefficient (Wildman–Crippen LogP) is 3.98. The van der Waals surface area contributed by atoms with Crippen molar-refractivity contribution in [2.24, 2.45) is 5.92 Å². The summed E-state index contributed by atoms with van der Waals surface area (Å²) in [6, 6.07) is 0. The zero-order valence-corrected chi connectivity index (χ0v) is 11.2. The zero-order valence-electron chi connectivity index (χ0n) is 11.2. The third-order valence-electron chi connectivity index (χ3n) is 3.00. The van der Waals surface area contributed by atoms with E-state index in [9.17, 15) is 4.79 Å². The molecule has 0 spiro atoms. The first-order valence-corrected chi connectivity index (χ1v) is 6.64. The van der Waals surface area contributed by atoms with Crippen molar-refractivity contribution in [1.29, 1.82) is 0 Å². The highest BCUT2D eigenvalue weighted by Gasteiger charge is 2.20. The van der Waals surface area contributed by atoms with Crippen LogP contribution in [0.4, 0.5) is 0 Å². The van der Waals surface area contributed by atoms with E-state index in [0.29, 0.717) is 0 Å². The van der Waals surface area contributed by atoms with E-state index >= 15 is 0 Å². The number of carbonyl (C=O) groups excluding carboxylic acids is 1. The normalized spacial score (nSPS) is 12.2. The van der Waals surface area contributed by atoms with Crippen molar-refractivity contribution in [3.05, 3.63) is 12.8 Å². The van der Waals surface area contributed by atoms with Gasteiger partial charge in [-0.2, -0.15) is 0 Å². The third-order valence-corrected chi connectivity index (χ3v) is 3.00. The minimum Gasteiger partial charge on any atom is -0.319 e. The van der Waals surface area contributed by atoms with Gasteiger partial charge >= 0.3 is 0 Å². The molecule has 0 rings (SSSR count).